The highest BCUT2D eigenvalue weighted by molar-refractivity contribution is 6.09. The zero-order valence-electron chi connectivity index (χ0n) is 15.2. The Hall–Kier alpha value is -2.38. The van der Waals surface area contributed by atoms with Crippen molar-refractivity contribution in [2.75, 3.05) is 13.1 Å². The highest BCUT2D eigenvalue weighted by Crippen LogP contribution is 2.37. The lowest BCUT2D eigenvalue weighted by Crippen LogP contribution is -2.50. The van der Waals surface area contributed by atoms with Crippen LogP contribution in [0.3, 0.4) is 0 Å². The van der Waals surface area contributed by atoms with Crippen LogP contribution in [0.4, 0.5) is 4.79 Å². The summed E-state index contributed by atoms with van der Waals surface area (Å²) in [6.45, 7) is 3.19. The van der Waals surface area contributed by atoms with Gasteiger partial charge in [0.05, 0.1) is 6.33 Å². The third kappa shape index (κ3) is 3.89. The Balaban J connectivity index is 1.46. The van der Waals surface area contributed by atoms with Gasteiger partial charge in [0.1, 0.15) is 12.1 Å². The Labute approximate surface area is 153 Å². The molecule has 0 radical (unpaired) electrons. The summed E-state index contributed by atoms with van der Waals surface area (Å²) >= 11 is 0. The van der Waals surface area contributed by atoms with Gasteiger partial charge in [-0.1, -0.05) is 13.3 Å². The van der Waals surface area contributed by atoms with Crippen LogP contribution in [0.5, 0.6) is 0 Å². The number of nitrogens with zero attached hydrogens (tertiary/aromatic N) is 3. The minimum Gasteiger partial charge on any atom is -0.354 e. The lowest BCUT2D eigenvalue weighted by molar-refractivity contribution is -0.136. The number of rotatable bonds is 7. The summed E-state index contributed by atoms with van der Waals surface area (Å²) in [5.74, 6) is 0.0715. The third-order valence-electron chi connectivity index (χ3n) is 5.56. The third-order valence-corrected chi connectivity index (χ3v) is 5.56. The van der Waals surface area contributed by atoms with Crippen molar-refractivity contribution in [1.29, 1.82) is 0 Å². The average molecular weight is 361 g/mol. The number of imidazole rings is 1. The molecule has 142 valence electrons. The molecule has 1 saturated carbocycles. The molecule has 8 heteroatoms. The van der Waals surface area contributed by atoms with Crippen molar-refractivity contribution in [3.63, 3.8) is 0 Å². The molecule has 2 N–H and O–H groups in total. The molecule has 1 spiro atoms. The second kappa shape index (κ2) is 7.88. The van der Waals surface area contributed by atoms with Crippen LogP contribution >= 0.6 is 0 Å². The number of urea groups is 1. The molecule has 0 unspecified atom stereocenters. The fourth-order valence-corrected chi connectivity index (χ4v) is 3.85. The van der Waals surface area contributed by atoms with Gasteiger partial charge in [0.15, 0.2) is 0 Å². The Kier molecular flexibility index (Phi) is 5.58. The van der Waals surface area contributed by atoms with Gasteiger partial charge in [-0.05, 0) is 38.0 Å². The van der Waals surface area contributed by atoms with Gasteiger partial charge in [0.25, 0.3) is 5.91 Å². The van der Waals surface area contributed by atoms with E-state index >= 15 is 0 Å². The van der Waals surface area contributed by atoms with Crippen LogP contribution in [0.15, 0.2) is 18.7 Å². The predicted molar refractivity (Wildman–Crippen MR) is 95.1 cm³/mol. The fraction of sp³-hybridized carbons (Fsp3) is 0.667. The summed E-state index contributed by atoms with van der Waals surface area (Å²) in [4.78, 5) is 42.1. The quantitative estimate of drug-likeness (QED) is 0.565. The van der Waals surface area contributed by atoms with Crippen molar-refractivity contribution in [3.8, 4) is 0 Å². The topological polar surface area (TPSA) is 96.3 Å². The van der Waals surface area contributed by atoms with Crippen molar-refractivity contribution in [2.24, 2.45) is 5.92 Å². The Morgan fingerprint density at radius 3 is 2.81 bits per heavy atom. The van der Waals surface area contributed by atoms with Crippen LogP contribution in [-0.2, 0) is 16.1 Å². The minimum atomic E-state index is -0.787. The minimum absolute atomic E-state index is 0.214. The summed E-state index contributed by atoms with van der Waals surface area (Å²) in [6, 6.07) is -0.446. The number of hydrogen-bond acceptors (Lipinski definition) is 4. The van der Waals surface area contributed by atoms with Gasteiger partial charge < -0.3 is 15.2 Å². The zero-order chi connectivity index (χ0) is 18.6. The molecule has 0 aromatic carbocycles. The van der Waals surface area contributed by atoms with E-state index in [-0.39, 0.29) is 18.4 Å². The summed E-state index contributed by atoms with van der Waals surface area (Å²) < 4.78 is 1.93. The number of carbonyl (C=O) groups is 3. The molecule has 1 aromatic heterocycles. The van der Waals surface area contributed by atoms with Crippen LogP contribution in [-0.4, -0.2) is 50.9 Å². The Bertz CT molecular complexity index is 650. The van der Waals surface area contributed by atoms with E-state index in [2.05, 4.69) is 22.5 Å². The number of nitrogens with one attached hydrogen (secondary N) is 2. The number of aromatic nitrogens is 2. The van der Waals surface area contributed by atoms with E-state index < -0.39 is 11.6 Å². The van der Waals surface area contributed by atoms with Crippen molar-refractivity contribution < 1.29 is 14.4 Å². The first-order valence-electron chi connectivity index (χ1n) is 9.40. The van der Waals surface area contributed by atoms with Crippen LogP contribution in [0, 0.1) is 5.92 Å². The van der Waals surface area contributed by atoms with Crippen molar-refractivity contribution in [1.82, 2.24) is 25.1 Å². The van der Waals surface area contributed by atoms with E-state index in [9.17, 15) is 14.4 Å². The zero-order valence-corrected chi connectivity index (χ0v) is 15.2. The molecule has 0 atom stereocenters. The van der Waals surface area contributed by atoms with E-state index in [4.69, 9.17) is 0 Å². The monoisotopic (exact) mass is 361 g/mol. The van der Waals surface area contributed by atoms with Crippen molar-refractivity contribution in [3.05, 3.63) is 18.7 Å². The largest absolute Gasteiger partial charge is 0.354 e. The summed E-state index contributed by atoms with van der Waals surface area (Å²) in [5.41, 5.74) is -0.787. The second-order valence-electron chi connectivity index (χ2n) is 7.26. The number of hydrogen-bond donors (Lipinski definition) is 2. The predicted octanol–water partition coefficient (Wildman–Crippen LogP) is 1.28. The average Bonchev–Trinajstić information content (AvgIpc) is 3.23. The summed E-state index contributed by atoms with van der Waals surface area (Å²) in [7, 11) is 0. The first kappa shape index (κ1) is 18.4. The van der Waals surface area contributed by atoms with Crippen LogP contribution in [0.2, 0.25) is 0 Å². The van der Waals surface area contributed by atoms with Gasteiger partial charge in [-0.15, -0.1) is 0 Å². The van der Waals surface area contributed by atoms with Crippen LogP contribution in [0.1, 0.15) is 45.4 Å². The molecule has 1 aliphatic heterocycles. The summed E-state index contributed by atoms with van der Waals surface area (Å²) in [5, 5.41) is 5.63. The fourth-order valence-electron chi connectivity index (χ4n) is 3.85. The molecular formula is C18H27N5O3. The normalized spacial score (nSPS) is 25.6. The standard InChI is InChI=1S/C18H27N5O3/c1-2-14-4-6-18(7-5-14)16(25)23(17(26)21-18)12-15(24)20-8-3-10-22-11-9-19-13-22/h9,11,13-14H,2-8,10,12H2,1H3,(H,20,24)(H,21,26). The molecule has 26 heavy (non-hydrogen) atoms. The van der Waals surface area contributed by atoms with Gasteiger partial charge in [0.2, 0.25) is 5.91 Å². The molecular weight excluding hydrogens is 334 g/mol. The molecule has 1 saturated heterocycles. The molecule has 1 aliphatic carbocycles. The number of carbonyl (C=O) groups excluding carboxylic acids is 3. The molecule has 1 aromatic rings. The van der Waals surface area contributed by atoms with E-state index in [0.717, 1.165) is 37.1 Å². The van der Waals surface area contributed by atoms with E-state index in [1.165, 1.54) is 0 Å². The number of imide groups is 1. The van der Waals surface area contributed by atoms with Gasteiger partial charge in [-0.3, -0.25) is 14.5 Å². The van der Waals surface area contributed by atoms with Crippen LogP contribution in [0.25, 0.3) is 0 Å². The van der Waals surface area contributed by atoms with Gasteiger partial charge in [0, 0.05) is 25.5 Å². The lowest BCUT2D eigenvalue weighted by Gasteiger charge is -2.34. The lowest BCUT2D eigenvalue weighted by atomic mass is 9.75. The maximum absolute atomic E-state index is 12.8. The Morgan fingerprint density at radius 2 is 2.15 bits per heavy atom. The number of aryl methyl sites for hydroxylation is 1. The van der Waals surface area contributed by atoms with Crippen molar-refractivity contribution in [2.45, 2.75) is 57.5 Å². The molecule has 8 nitrogen and oxygen atoms in total. The maximum atomic E-state index is 12.8. The highest BCUT2D eigenvalue weighted by Gasteiger charge is 2.52. The Morgan fingerprint density at radius 1 is 1.38 bits per heavy atom. The maximum Gasteiger partial charge on any atom is 0.325 e. The first-order valence-corrected chi connectivity index (χ1v) is 9.40. The second-order valence-corrected chi connectivity index (χ2v) is 7.26. The van der Waals surface area contributed by atoms with Gasteiger partial charge in [-0.2, -0.15) is 0 Å². The molecule has 2 heterocycles. The van der Waals surface area contributed by atoms with E-state index in [1.54, 1.807) is 12.5 Å². The van der Waals surface area contributed by atoms with Crippen LogP contribution < -0.4 is 10.6 Å². The molecule has 0 bridgehead atoms. The van der Waals surface area contributed by atoms with Gasteiger partial charge in [-0.25, -0.2) is 9.78 Å². The molecule has 4 amide bonds. The van der Waals surface area contributed by atoms with E-state index in [0.29, 0.717) is 25.3 Å². The molecule has 2 aliphatic rings. The number of amides is 4. The smallest absolute Gasteiger partial charge is 0.325 e. The van der Waals surface area contributed by atoms with Gasteiger partial charge >= 0.3 is 6.03 Å². The molecule has 3 rings (SSSR count). The highest BCUT2D eigenvalue weighted by atomic mass is 16.2. The summed E-state index contributed by atoms with van der Waals surface area (Å²) in [6.07, 6.45) is 10.4. The molecule has 2 fully saturated rings. The first-order chi connectivity index (χ1) is 12.5. The van der Waals surface area contributed by atoms with Crippen molar-refractivity contribution >= 4 is 17.8 Å². The van der Waals surface area contributed by atoms with E-state index in [1.807, 2.05) is 10.8 Å². The SMILES string of the molecule is CCC1CCC2(CC1)NC(=O)N(CC(=O)NCCCn1ccnc1)C2=O.